The number of unbranched alkanes of at least 4 members (excludes halogenated alkanes) is 19. The van der Waals surface area contributed by atoms with Crippen molar-refractivity contribution in [1.29, 1.82) is 0 Å². The van der Waals surface area contributed by atoms with Crippen LogP contribution in [0.3, 0.4) is 0 Å². The molecule has 0 aliphatic carbocycles. The summed E-state index contributed by atoms with van der Waals surface area (Å²) in [6.07, 6.45) is 29.3. The van der Waals surface area contributed by atoms with Crippen molar-refractivity contribution in [3.8, 4) is 0 Å². The molecule has 4 heteroatoms. The quantitative estimate of drug-likeness (QED) is 0.0641. The van der Waals surface area contributed by atoms with Crippen molar-refractivity contribution in [2.45, 2.75) is 168 Å². The molecule has 0 unspecified atom stereocenters. The summed E-state index contributed by atoms with van der Waals surface area (Å²) in [5.41, 5.74) is 0. The zero-order chi connectivity index (χ0) is 25.0. The van der Waals surface area contributed by atoms with Gasteiger partial charge in [-0.15, -0.1) is 0 Å². The van der Waals surface area contributed by atoms with E-state index in [9.17, 15) is 4.79 Å². The topological polar surface area (TPSA) is 35.5 Å². The number of thiocarbonyl (C=S) groups is 1. The Bertz CT molecular complexity index is 399. The average molecular weight is 499 g/mol. The van der Waals surface area contributed by atoms with E-state index in [1.165, 1.54) is 116 Å². The van der Waals surface area contributed by atoms with Crippen LogP contribution in [-0.4, -0.2) is 24.2 Å². The van der Waals surface area contributed by atoms with Crippen LogP contribution in [0.15, 0.2) is 0 Å². The van der Waals surface area contributed by atoms with E-state index < -0.39 is 0 Å². The first kappa shape index (κ1) is 33.4. The first-order valence-corrected chi connectivity index (χ1v) is 15.4. The van der Waals surface area contributed by atoms with Crippen molar-refractivity contribution in [1.82, 2.24) is 0 Å². The van der Waals surface area contributed by atoms with E-state index in [4.69, 9.17) is 21.7 Å². The number of ether oxygens (including phenoxy) is 2. The lowest BCUT2D eigenvalue weighted by atomic mass is 10.1. The van der Waals surface area contributed by atoms with Crippen LogP contribution in [0, 0.1) is 0 Å². The number of hydrogen-bond acceptors (Lipinski definition) is 4. The van der Waals surface area contributed by atoms with Gasteiger partial charge in [0.1, 0.15) is 0 Å². The van der Waals surface area contributed by atoms with Crippen LogP contribution in [0.4, 0.5) is 0 Å². The molecule has 34 heavy (non-hydrogen) atoms. The van der Waals surface area contributed by atoms with E-state index in [1.54, 1.807) is 0 Å². The van der Waals surface area contributed by atoms with Gasteiger partial charge in [0.15, 0.2) is 5.05 Å². The summed E-state index contributed by atoms with van der Waals surface area (Å²) in [6.45, 7) is 5.86. The molecular weight excluding hydrogens is 440 g/mol. The van der Waals surface area contributed by atoms with Gasteiger partial charge in [-0.1, -0.05) is 129 Å². The minimum absolute atomic E-state index is 0.0619. The first-order valence-electron chi connectivity index (χ1n) is 15.0. The van der Waals surface area contributed by atoms with E-state index in [1.807, 2.05) is 0 Å². The molecule has 0 N–H and O–H groups in total. The average Bonchev–Trinajstić information content (AvgIpc) is 2.83. The Morgan fingerprint density at radius 1 is 0.471 bits per heavy atom. The molecule has 0 heterocycles. The largest absolute Gasteiger partial charge is 0.487 e. The first-order chi connectivity index (χ1) is 16.7. The van der Waals surface area contributed by atoms with E-state index in [0.29, 0.717) is 18.1 Å². The third kappa shape index (κ3) is 27.6. The van der Waals surface area contributed by atoms with Gasteiger partial charge in [0.05, 0.1) is 13.2 Å². The zero-order valence-corrected chi connectivity index (χ0v) is 23.8. The number of hydrogen-bond donors (Lipinski definition) is 0. The Labute approximate surface area is 218 Å². The van der Waals surface area contributed by atoms with Crippen LogP contribution < -0.4 is 0 Å². The van der Waals surface area contributed by atoms with Crippen molar-refractivity contribution in [3.63, 3.8) is 0 Å². The van der Waals surface area contributed by atoms with E-state index in [2.05, 4.69) is 13.8 Å². The lowest BCUT2D eigenvalue weighted by Gasteiger charge is -2.08. The number of esters is 1. The second-order valence-corrected chi connectivity index (χ2v) is 10.5. The van der Waals surface area contributed by atoms with Crippen molar-refractivity contribution in [2.75, 3.05) is 13.2 Å². The highest BCUT2D eigenvalue weighted by atomic mass is 32.1. The summed E-state index contributed by atoms with van der Waals surface area (Å²) in [5.74, 6) is -0.0619. The molecule has 3 nitrogen and oxygen atoms in total. The zero-order valence-electron chi connectivity index (χ0n) is 23.0. The predicted molar refractivity (Wildman–Crippen MR) is 152 cm³/mol. The maximum atomic E-state index is 11.8. The Hall–Kier alpha value is -0.640. The lowest BCUT2D eigenvalue weighted by molar-refractivity contribution is -0.143. The summed E-state index contributed by atoms with van der Waals surface area (Å²) in [5, 5.41) is 0.703. The molecule has 0 bridgehead atoms. The molecule has 0 fully saturated rings. The van der Waals surface area contributed by atoms with Gasteiger partial charge < -0.3 is 9.47 Å². The van der Waals surface area contributed by atoms with Crippen LogP contribution in [0.25, 0.3) is 0 Å². The minimum atomic E-state index is -0.0619. The van der Waals surface area contributed by atoms with Crippen molar-refractivity contribution in [2.24, 2.45) is 0 Å². The smallest absolute Gasteiger partial charge is 0.305 e. The van der Waals surface area contributed by atoms with Crippen molar-refractivity contribution < 1.29 is 14.3 Å². The molecule has 0 aromatic carbocycles. The summed E-state index contributed by atoms with van der Waals surface area (Å²) in [7, 11) is 0. The fourth-order valence-corrected chi connectivity index (χ4v) is 4.46. The summed E-state index contributed by atoms with van der Waals surface area (Å²) in [6, 6.07) is 0. The van der Waals surface area contributed by atoms with Gasteiger partial charge in [-0.3, -0.25) is 4.79 Å². The molecule has 0 amide bonds. The standard InChI is InChI=1S/C30H58O3S/c1-3-5-7-9-11-13-15-17-19-23-27-32-29(31)25-21-22-26-30(34)33-28-24-20-18-16-14-12-10-8-6-4-2/h3-28H2,1-2H3. The highest BCUT2D eigenvalue weighted by Gasteiger charge is 2.04. The summed E-state index contributed by atoms with van der Waals surface area (Å²) >= 11 is 5.32. The Balaban J connectivity index is 3.28. The Morgan fingerprint density at radius 2 is 0.824 bits per heavy atom. The number of rotatable bonds is 27. The van der Waals surface area contributed by atoms with E-state index in [0.717, 1.165) is 38.7 Å². The maximum absolute atomic E-state index is 11.8. The van der Waals surface area contributed by atoms with E-state index in [-0.39, 0.29) is 5.97 Å². The fraction of sp³-hybridized carbons (Fsp3) is 0.933. The Kier molecular flexibility index (Phi) is 28.1. The molecule has 0 radical (unpaired) electrons. The molecular formula is C30H58O3S. The van der Waals surface area contributed by atoms with Crippen LogP contribution in [0.2, 0.25) is 0 Å². The second kappa shape index (κ2) is 28.6. The second-order valence-electron chi connectivity index (χ2n) is 10.0. The van der Waals surface area contributed by atoms with Crippen molar-refractivity contribution >= 4 is 23.2 Å². The van der Waals surface area contributed by atoms with Gasteiger partial charge in [0.2, 0.25) is 0 Å². The van der Waals surface area contributed by atoms with Gasteiger partial charge in [-0.05, 0) is 37.9 Å². The SMILES string of the molecule is CCCCCCCCCCCCOC(=O)CCCCC(=S)OCCCCCCCCCCCC. The lowest BCUT2D eigenvalue weighted by Crippen LogP contribution is -2.07. The van der Waals surface area contributed by atoms with Crippen molar-refractivity contribution in [3.05, 3.63) is 0 Å². The predicted octanol–water partition coefficient (Wildman–Crippen LogP) is 10.3. The molecule has 0 rings (SSSR count). The number of carbonyl (C=O) groups excluding carboxylic acids is 1. The van der Waals surface area contributed by atoms with Gasteiger partial charge >= 0.3 is 5.97 Å². The highest BCUT2D eigenvalue weighted by molar-refractivity contribution is 7.80. The summed E-state index contributed by atoms with van der Waals surface area (Å²) in [4.78, 5) is 11.8. The molecule has 0 spiro atoms. The molecule has 0 aliphatic rings. The van der Waals surface area contributed by atoms with Crippen LogP contribution in [-0.2, 0) is 14.3 Å². The van der Waals surface area contributed by atoms with Gasteiger partial charge in [-0.2, -0.15) is 0 Å². The fourth-order valence-electron chi connectivity index (χ4n) is 4.23. The third-order valence-corrected chi connectivity index (χ3v) is 6.86. The van der Waals surface area contributed by atoms with E-state index >= 15 is 0 Å². The van der Waals surface area contributed by atoms with Crippen LogP contribution >= 0.6 is 12.2 Å². The van der Waals surface area contributed by atoms with Gasteiger partial charge in [-0.25, -0.2) is 0 Å². The molecule has 0 saturated carbocycles. The van der Waals surface area contributed by atoms with Crippen LogP contribution in [0.1, 0.15) is 168 Å². The monoisotopic (exact) mass is 498 g/mol. The molecule has 0 aliphatic heterocycles. The van der Waals surface area contributed by atoms with Crippen LogP contribution in [0.5, 0.6) is 0 Å². The van der Waals surface area contributed by atoms with Gasteiger partial charge in [0.25, 0.3) is 0 Å². The molecule has 0 saturated heterocycles. The number of carbonyl (C=O) groups is 1. The Morgan fingerprint density at radius 3 is 1.26 bits per heavy atom. The molecule has 202 valence electrons. The third-order valence-electron chi connectivity index (χ3n) is 6.53. The molecule has 0 atom stereocenters. The summed E-state index contributed by atoms with van der Waals surface area (Å²) < 4.78 is 11.0. The molecule has 0 aromatic rings. The minimum Gasteiger partial charge on any atom is -0.487 e. The maximum Gasteiger partial charge on any atom is 0.305 e. The molecule has 0 aromatic heterocycles. The van der Waals surface area contributed by atoms with Gasteiger partial charge in [0, 0.05) is 12.8 Å². The highest BCUT2D eigenvalue weighted by Crippen LogP contribution is 2.12. The normalized spacial score (nSPS) is 11.0.